The Labute approximate surface area is 173 Å². The van der Waals surface area contributed by atoms with Crippen LogP contribution < -0.4 is 0 Å². The molecule has 158 valence electrons. The van der Waals surface area contributed by atoms with Gasteiger partial charge in [0.1, 0.15) is 0 Å². The fourth-order valence-electron chi connectivity index (χ4n) is 5.47. The van der Waals surface area contributed by atoms with Crippen LogP contribution in [0.5, 0.6) is 0 Å². The second kappa shape index (κ2) is 7.03. The normalized spacial score (nSPS) is 29.8. The molecule has 0 aromatic carbocycles. The van der Waals surface area contributed by atoms with Crippen molar-refractivity contribution >= 4 is 11.9 Å². The molecule has 7 heteroatoms. The summed E-state index contributed by atoms with van der Waals surface area (Å²) in [6.45, 7) is 8.83. The average molecular weight is 400 g/mol. The molecule has 1 saturated carbocycles. The number of aromatic nitrogens is 2. The molecule has 0 bridgehead atoms. The van der Waals surface area contributed by atoms with Gasteiger partial charge in [-0.1, -0.05) is 0 Å². The highest BCUT2D eigenvalue weighted by Crippen LogP contribution is 2.50. The Morgan fingerprint density at radius 3 is 2.62 bits per heavy atom. The highest BCUT2D eigenvalue weighted by atomic mass is 16.2. The van der Waals surface area contributed by atoms with E-state index >= 15 is 0 Å². The zero-order valence-electron chi connectivity index (χ0n) is 17.7. The lowest BCUT2D eigenvalue weighted by Crippen LogP contribution is -2.43. The van der Waals surface area contributed by atoms with E-state index in [-0.39, 0.29) is 17.9 Å². The Bertz CT molecular complexity index is 795. The summed E-state index contributed by atoms with van der Waals surface area (Å²) < 4.78 is 2.11. The average Bonchev–Trinajstić information content (AvgIpc) is 3.16. The number of carbonyl (C=O) groups excluding carboxylic acids is 2. The van der Waals surface area contributed by atoms with Gasteiger partial charge in [0, 0.05) is 57.4 Å². The van der Waals surface area contributed by atoms with Crippen molar-refractivity contribution < 1.29 is 9.59 Å². The maximum absolute atomic E-state index is 13.6. The second-order valence-corrected chi connectivity index (χ2v) is 9.85. The fraction of sp³-hybridized carbons (Fsp3) is 0.773. The molecular formula is C22H33N5O2. The Hall–Kier alpha value is -2.05. The van der Waals surface area contributed by atoms with E-state index < -0.39 is 5.41 Å². The van der Waals surface area contributed by atoms with Gasteiger partial charge in [-0.3, -0.25) is 4.79 Å². The Morgan fingerprint density at radius 1 is 1.21 bits per heavy atom. The molecule has 3 saturated heterocycles. The first-order valence-corrected chi connectivity index (χ1v) is 11.3. The zero-order chi connectivity index (χ0) is 20.2. The molecule has 1 aliphatic carbocycles. The lowest BCUT2D eigenvalue weighted by Gasteiger charge is -2.28. The van der Waals surface area contributed by atoms with E-state index in [1.807, 2.05) is 16.1 Å². The monoisotopic (exact) mass is 399 g/mol. The number of rotatable bonds is 4. The number of hydrogen-bond donors (Lipinski definition) is 0. The van der Waals surface area contributed by atoms with Gasteiger partial charge in [-0.05, 0) is 51.9 Å². The van der Waals surface area contributed by atoms with Gasteiger partial charge in [0.05, 0.1) is 17.4 Å². The largest absolute Gasteiger partial charge is 0.342 e. The van der Waals surface area contributed by atoms with Crippen molar-refractivity contribution in [3.8, 4) is 0 Å². The molecule has 3 amide bonds. The van der Waals surface area contributed by atoms with Gasteiger partial charge in [0.25, 0.3) is 0 Å². The minimum absolute atomic E-state index is 0.00856. The highest BCUT2D eigenvalue weighted by Gasteiger charge is 2.59. The second-order valence-electron chi connectivity index (χ2n) is 9.85. The van der Waals surface area contributed by atoms with Gasteiger partial charge in [0.15, 0.2) is 0 Å². The summed E-state index contributed by atoms with van der Waals surface area (Å²) in [7, 11) is 0. The number of nitrogens with zero attached hydrogens (tertiary/aromatic N) is 5. The minimum atomic E-state index is -0.500. The van der Waals surface area contributed by atoms with E-state index in [0.717, 1.165) is 51.1 Å². The van der Waals surface area contributed by atoms with E-state index in [9.17, 15) is 9.59 Å². The van der Waals surface area contributed by atoms with E-state index in [1.54, 1.807) is 0 Å². The van der Waals surface area contributed by atoms with Crippen molar-refractivity contribution in [2.75, 3.05) is 39.3 Å². The Morgan fingerprint density at radius 2 is 1.97 bits per heavy atom. The molecule has 7 nitrogen and oxygen atoms in total. The molecule has 4 heterocycles. The SMILES string of the molecule is CC(C)n1cnc(C2CN(C(=O)N3CCCC3)CC23CCN(CC2CC2)C3=O)c1. The number of hydrogen-bond acceptors (Lipinski definition) is 3. The molecule has 4 aliphatic rings. The smallest absolute Gasteiger partial charge is 0.320 e. The summed E-state index contributed by atoms with van der Waals surface area (Å²) in [5.41, 5.74) is 0.470. The van der Waals surface area contributed by atoms with Crippen LogP contribution in [0.4, 0.5) is 4.79 Å². The van der Waals surface area contributed by atoms with Gasteiger partial charge in [-0.15, -0.1) is 0 Å². The predicted molar refractivity (Wildman–Crippen MR) is 109 cm³/mol. The van der Waals surface area contributed by atoms with E-state index in [1.165, 1.54) is 12.8 Å². The minimum Gasteiger partial charge on any atom is -0.342 e. The summed E-state index contributed by atoms with van der Waals surface area (Å²) in [6.07, 6.45) is 9.47. The predicted octanol–water partition coefficient (Wildman–Crippen LogP) is 2.71. The van der Waals surface area contributed by atoms with Crippen molar-refractivity contribution in [1.82, 2.24) is 24.3 Å². The van der Waals surface area contributed by atoms with Crippen molar-refractivity contribution in [2.45, 2.75) is 57.9 Å². The first kappa shape index (κ1) is 18.9. The van der Waals surface area contributed by atoms with E-state index in [0.29, 0.717) is 25.0 Å². The quantitative estimate of drug-likeness (QED) is 0.782. The first-order chi connectivity index (χ1) is 14.0. The molecule has 1 spiro atoms. The van der Waals surface area contributed by atoms with Crippen LogP contribution in [0.3, 0.4) is 0 Å². The van der Waals surface area contributed by atoms with E-state index in [2.05, 4.69) is 29.5 Å². The molecule has 29 heavy (non-hydrogen) atoms. The number of amides is 3. The Kier molecular flexibility index (Phi) is 4.59. The summed E-state index contributed by atoms with van der Waals surface area (Å²) in [5.74, 6) is 0.937. The fourth-order valence-corrected chi connectivity index (χ4v) is 5.47. The topological polar surface area (TPSA) is 61.7 Å². The molecule has 1 aromatic rings. The molecule has 2 unspecified atom stereocenters. The summed E-state index contributed by atoms with van der Waals surface area (Å²) in [6, 6.07) is 0.447. The molecule has 1 aromatic heterocycles. The lowest BCUT2D eigenvalue weighted by atomic mass is 9.75. The van der Waals surface area contributed by atoms with Gasteiger partial charge in [0.2, 0.25) is 5.91 Å². The number of likely N-dealkylation sites (tertiary alicyclic amines) is 3. The maximum atomic E-state index is 13.6. The lowest BCUT2D eigenvalue weighted by molar-refractivity contribution is -0.136. The van der Waals surface area contributed by atoms with Crippen LogP contribution in [0.25, 0.3) is 0 Å². The third-order valence-electron chi connectivity index (χ3n) is 7.48. The van der Waals surface area contributed by atoms with Crippen LogP contribution in [-0.2, 0) is 4.79 Å². The van der Waals surface area contributed by atoms with Gasteiger partial charge >= 0.3 is 6.03 Å². The van der Waals surface area contributed by atoms with Gasteiger partial charge < -0.3 is 19.3 Å². The molecule has 4 fully saturated rings. The van der Waals surface area contributed by atoms with Gasteiger partial charge in [-0.2, -0.15) is 0 Å². The van der Waals surface area contributed by atoms with E-state index in [4.69, 9.17) is 4.98 Å². The molecule has 2 atom stereocenters. The first-order valence-electron chi connectivity index (χ1n) is 11.3. The highest BCUT2D eigenvalue weighted by molar-refractivity contribution is 5.88. The van der Waals surface area contributed by atoms with Crippen molar-refractivity contribution in [3.63, 3.8) is 0 Å². The van der Waals surface area contributed by atoms with Crippen molar-refractivity contribution in [2.24, 2.45) is 11.3 Å². The zero-order valence-corrected chi connectivity index (χ0v) is 17.7. The molecule has 3 aliphatic heterocycles. The third-order valence-corrected chi connectivity index (χ3v) is 7.48. The third kappa shape index (κ3) is 3.22. The van der Waals surface area contributed by atoms with Crippen LogP contribution in [0.2, 0.25) is 0 Å². The molecule has 0 radical (unpaired) electrons. The maximum Gasteiger partial charge on any atom is 0.320 e. The summed E-state index contributed by atoms with van der Waals surface area (Å²) >= 11 is 0. The molecule has 5 rings (SSSR count). The van der Waals surface area contributed by atoms with Crippen molar-refractivity contribution in [3.05, 3.63) is 18.2 Å². The van der Waals surface area contributed by atoms with Crippen molar-refractivity contribution in [1.29, 1.82) is 0 Å². The molecule has 0 N–H and O–H groups in total. The van der Waals surface area contributed by atoms with Gasteiger partial charge in [-0.25, -0.2) is 9.78 Å². The van der Waals surface area contributed by atoms with Crippen LogP contribution in [0.15, 0.2) is 12.5 Å². The standard InChI is InChI=1S/C22H33N5O2/c1-16(2)27-13-19(23-15-27)18-12-26(21(29)24-8-3-4-9-24)14-22(18)7-10-25(20(22)28)11-17-5-6-17/h13,15-18H,3-12,14H2,1-2H3. The number of imidazole rings is 1. The number of carbonyl (C=O) groups is 2. The van der Waals surface area contributed by atoms with Crippen LogP contribution in [0, 0.1) is 11.3 Å². The Balaban J connectivity index is 1.44. The molecular weight excluding hydrogens is 366 g/mol. The van der Waals surface area contributed by atoms with Crippen LogP contribution in [0.1, 0.15) is 63.6 Å². The summed E-state index contributed by atoms with van der Waals surface area (Å²) in [4.78, 5) is 37.5. The number of urea groups is 1. The van der Waals surface area contributed by atoms with Crippen LogP contribution in [-0.4, -0.2) is 75.5 Å². The summed E-state index contributed by atoms with van der Waals surface area (Å²) in [5, 5.41) is 0. The van der Waals surface area contributed by atoms with Crippen LogP contribution >= 0.6 is 0 Å².